The van der Waals surface area contributed by atoms with Gasteiger partial charge in [-0.15, -0.1) is 11.8 Å². The third-order valence-electron chi connectivity index (χ3n) is 1.80. The summed E-state index contributed by atoms with van der Waals surface area (Å²) in [6, 6.07) is 10.3. The van der Waals surface area contributed by atoms with Gasteiger partial charge in [0.25, 0.3) is 0 Å². The van der Waals surface area contributed by atoms with Crippen LogP contribution < -0.4 is 0 Å². The molecule has 0 unspecified atom stereocenters. The lowest BCUT2D eigenvalue weighted by atomic mass is 10.2. The lowest BCUT2D eigenvalue weighted by Gasteiger charge is -1.98. The van der Waals surface area contributed by atoms with E-state index in [1.807, 2.05) is 52.1 Å². The number of aromatic nitrogens is 1. The van der Waals surface area contributed by atoms with Crippen LogP contribution in [0, 0.1) is 0 Å². The summed E-state index contributed by atoms with van der Waals surface area (Å²) < 4.78 is 0. The summed E-state index contributed by atoms with van der Waals surface area (Å²) in [4.78, 5) is 5.55. The summed E-state index contributed by atoms with van der Waals surface area (Å²) >= 11 is 1.72. The average Bonchev–Trinajstić information content (AvgIpc) is 2.42. The average molecular weight is 235 g/mol. The van der Waals surface area contributed by atoms with Crippen molar-refractivity contribution in [2.24, 2.45) is 0 Å². The molecular weight excluding hydrogens is 214 g/mol. The minimum absolute atomic E-state index is 1.07. The van der Waals surface area contributed by atoms with Gasteiger partial charge in [-0.3, -0.25) is 4.98 Å². The van der Waals surface area contributed by atoms with Crippen LogP contribution in [-0.2, 0) is 0 Å². The second kappa shape index (κ2) is 9.22. The predicted molar refractivity (Wildman–Crippen MR) is 76.2 cm³/mol. The highest BCUT2D eigenvalue weighted by molar-refractivity contribution is 7.98. The molecule has 0 aliphatic rings. The summed E-state index contributed by atoms with van der Waals surface area (Å²) in [5, 5.41) is 1.21. The number of para-hydroxylation sites is 1. The van der Waals surface area contributed by atoms with Crippen LogP contribution in [0.1, 0.15) is 27.7 Å². The van der Waals surface area contributed by atoms with E-state index in [0.29, 0.717) is 0 Å². The Morgan fingerprint density at radius 2 is 1.62 bits per heavy atom. The van der Waals surface area contributed by atoms with E-state index >= 15 is 0 Å². The van der Waals surface area contributed by atoms with Crippen molar-refractivity contribution in [2.45, 2.75) is 32.6 Å². The molecule has 16 heavy (non-hydrogen) atoms. The summed E-state index contributed by atoms with van der Waals surface area (Å²) in [6.45, 7) is 8.00. The van der Waals surface area contributed by atoms with Crippen molar-refractivity contribution in [3.63, 3.8) is 0 Å². The maximum Gasteiger partial charge on any atom is 0.0702 e. The van der Waals surface area contributed by atoms with Crippen LogP contribution in [-0.4, -0.2) is 11.2 Å². The first-order chi connectivity index (χ1) is 7.90. The Balaban J connectivity index is 0.000000509. The molecular formula is C14H21NS. The normalized spacial score (nSPS) is 8.56. The van der Waals surface area contributed by atoms with E-state index < -0.39 is 0 Å². The summed E-state index contributed by atoms with van der Waals surface area (Å²) in [6.07, 6.45) is 3.97. The Kier molecular flexibility index (Phi) is 8.64. The first-order valence-corrected chi connectivity index (χ1v) is 7.01. The van der Waals surface area contributed by atoms with Crippen molar-refractivity contribution in [3.05, 3.63) is 36.5 Å². The van der Waals surface area contributed by atoms with Crippen LogP contribution in [0.25, 0.3) is 10.9 Å². The molecule has 0 aliphatic carbocycles. The van der Waals surface area contributed by atoms with Gasteiger partial charge in [0.05, 0.1) is 5.52 Å². The number of hydrogen-bond acceptors (Lipinski definition) is 2. The van der Waals surface area contributed by atoms with Gasteiger partial charge in [0.2, 0.25) is 0 Å². The van der Waals surface area contributed by atoms with Gasteiger partial charge in [-0.25, -0.2) is 0 Å². The molecule has 0 N–H and O–H groups in total. The second-order valence-corrected chi connectivity index (χ2v) is 3.45. The van der Waals surface area contributed by atoms with E-state index in [2.05, 4.69) is 23.4 Å². The number of benzene rings is 1. The Hall–Kier alpha value is -1.02. The third kappa shape index (κ3) is 4.23. The van der Waals surface area contributed by atoms with Crippen molar-refractivity contribution < 1.29 is 0 Å². The SMILES string of the molecule is CC.CC.CSc1cnc2ccccc2c1. The van der Waals surface area contributed by atoms with Gasteiger partial charge in [-0.05, 0) is 18.4 Å². The first kappa shape index (κ1) is 15.0. The molecule has 2 aromatic rings. The molecule has 2 rings (SSSR count). The monoisotopic (exact) mass is 235 g/mol. The highest BCUT2D eigenvalue weighted by Gasteiger charge is 1.94. The van der Waals surface area contributed by atoms with Crippen LogP contribution in [0.3, 0.4) is 0 Å². The molecule has 0 saturated heterocycles. The number of nitrogens with zero attached hydrogens (tertiary/aromatic N) is 1. The van der Waals surface area contributed by atoms with Crippen LogP contribution in [0.2, 0.25) is 0 Å². The molecule has 1 heterocycles. The zero-order valence-electron chi connectivity index (χ0n) is 10.8. The highest BCUT2D eigenvalue weighted by Crippen LogP contribution is 2.18. The Morgan fingerprint density at radius 3 is 2.25 bits per heavy atom. The maximum absolute atomic E-state index is 4.33. The zero-order valence-corrected chi connectivity index (χ0v) is 11.6. The van der Waals surface area contributed by atoms with Crippen molar-refractivity contribution in [3.8, 4) is 0 Å². The molecule has 1 nitrogen and oxygen atoms in total. The van der Waals surface area contributed by atoms with Gasteiger partial charge in [-0.1, -0.05) is 45.9 Å². The van der Waals surface area contributed by atoms with E-state index in [4.69, 9.17) is 0 Å². The fourth-order valence-electron chi connectivity index (χ4n) is 1.16. The molecule has 1 aromatic heterocycles. The molecule has 1 aromatic carbocycles. The fourth-order valence-corrected chi connectivity index (χ4v) is 1.57. The summed E-state index contributed by atoms with van der Waals surface area (Å²) in [5.41, 5.74) is 1.07. The topological polar surface area (TPSA) is 12.9 Å². The van der Waals surface area contributed by atoms with Gasteiger partial charge in [-0.2, -0.15) is 0 Å². The number of hydrogen-bond donors (Lipinski definition) is 0. The molecule has 0 amide bonds. The number of pyridine rings is 1. The van der Waals surface area contributed by atoms with Crippen LogP contribution in [0.4, 0.5) is 0 Å². The van der Waals surface area contributed by atoms with E-state index in [1.165, 1.54) is 10.3 Å². The van der Waals surface area contributed by atoms with Gasteiger partial charge in [0.1, 0.15) is 0 Å². The van der Waals surface area contributed by atoms with Crippen LogP contribution in [0.15, 0.2) is 41.4 Å². The van der Waals surface area contributed by atoms with Crippen LogP contribution >= 0.6 is 11.8 Å². The molecule has 0 bridgehead atoms. The molecule has 88 valence electrons. The predicted octanol–water partition coefficient (Wildman–Crippen LogP) is 5.01. The largest absolute Gasteiger partial charge is 0.255 e. The van der Waals surface area contributed by atoms with Gasteiger partial charge in [0.15, 0.2) is 0 Å². The zero-order chi connectivity index (χ0) is 12.4. The molecule has 0 saturated carbocycles. The second-order valence-electron chi connectivity index (χ2n) is 2.57. The minimum atomic E-state index is 1.07. The quantitative estimate of drug-likeness (QED) is 0.644. The van der Waals surface area contributed by atoms with E-state index in [-0.39, 0.29) is 0 Å². The molecule has 0 fully saturated rings. The maximum atomic E-state index is 4.33. The Bertz CT molecular complexity index is 399. The van der Waals surface area contributed by atoms with Gasteiger partial charge in [0, 0.05) is 16.5 Å². The Labute approximate surface area is 103 Å². The number of fused-ring (bicyclic) bond motifs is 1. The molecule has 0 aliphatic heterocycles. The number of rotatable bonds is 1. The van der Waals surface area contributed by atoms with Crippen molar-refractivity contribution in [1.82, 2.24) is 4.98 Å². The Morgan fingerprint density at radius 1 is 1.00 bits per heavy atom. The molecule has 2 heteroatoms. The number of thioether (sulfide) groups is 1. The van der Waals surface area contributed by atoms with E-state index in [0.717, 1.165) is 5.52 Å². The smallest absolute Gasteiger partial charge is 0.0702 e. The van der Waals surface area contributed by atoms with Crippen molar-refractivity contribution in [1.29, 1.82) is 0 Å². The van der Waals surface area contributed by atoms with Crippen molar-refractivity contribution >= 4 is 22.7 Å². The summed E-state index contributed by atoms with van der Waals surface area (Å²) in [5.74, 6) is 0. The first-order valence-electron chi connectivity index (χ1n) is 5.79. The minimum Gasteiger partial charge on any atom is -0.255 e. The fraction of sp³-hybridized carbons (Fsp3) is 0.357. The lowest BCUT2D eigenvalue weighted by Crippen LogP contribution is -1.78. The highest BCUT2D eigenvalue weighted by atomic mass is 32.2. The standard InChI is InChI=1S/C10H9NS.2C2H6/c1-12-9-6-8-4-2-3-5-10(8)11-7-9;2*1-2/h2-7H,1H3;2*1-2H3. The van der Waals surface area contributed by atoms with Crippen molar-refractivity contribution in [2.75, 3.05) is 6.26 Å². The van der Waals surface area contributed by atoms with Gasteiger partial charge >= 0.3 is 0 Å². The van der Waals surface area contributed by atoms with Gasteiger partial charge < -0.3 is 0 Å². The lowest BCUT2D eigenvalue weighted by molar-refractivity contribution is 1.31. The molecule has 0 radical (unpaired) electrons. The third-order valence-corrected chi connectivity index (χ3v) is 2.50. The van der Waals surface area contributed by atoms with E-state index in [1.54, 1.807) is 11.8 Å². The summed E-state index contributed by atoms with van der Waals surface area (Å²) in [7, 11) is 0. The molecule has 0 spiro atoms. The molecule has 0 atom stereocenters. The van der Waals surface area contributed by atoms with Crippen LogP contribution in [0.5, 0.6) is 0 Å². The van der Waals surface area contributed by atoms with E-state index in [9.17, 15) is 0 Å².